The minimum Gasteiger partial charge on any atom is -0.504 e. The highest BCUT2D eigenvalue weighted by Gasteiger charge is 2.44. The zero-order valence-electron chi connectivity index (χ0n) is 12.3. The molecule has 2 rings (SSSR count). The monoisotopic (exact) mass is 326 g/mol. The second-order valence-corrected chi connectivity index (χ2v) is 4.91. The van der Waals surface area contributed by atoms with Crippen LogP contribution in [0.3, 0.4) is 0 Å². The zero-order valence-corrected chi connectivity index (χ0v) is 12.3. The summed E-state index contributed by atoms with van der Waals surface area (Å²) < 4.78 is 14.9. The molecule has 4 atom stereocenters. The molecule has 0 aromatic heterocycles. The summed E-state index contributed by atoms with van der Waals surface area (Å²) in [6, 6.07) is 4.50. The van der Waals surface area contributed by atoms with Gasteiger partial charge in [0.15, 0.2) is 11.5 Å². The highest BCUT2D eigenvalue weighted by Crippen LogP contribution is 2.27. The normalized spacial score (nSPS) is 27.3. The van der Waals surface area contributed by atoms with E-state index < -0.39 is 37.2 Å². The predicted octanol–water partition coefficient (Wildman–Crippen LogP) is -0.604. The third kappa shape index (κ3) is 3.99. The van der Waals surface area contributed by atoms with E-state index in [0.29, 0.717) is 5.56 Å². The summed E-state index contributed by atoms with van der Waals surface area (Å²) in [6.07, 6.45) is -2.60. The Morgan fingerprint density at radius 2 is 2.09 bits per heavy atom. The van der Waals surface area contributed by atoms with Crippen LogP contribution in [0.4, 0.5) is 0 Å². The Hall–Kier alpha value is -2.13. The van der Waals surface area contributed by atoms with E-state index in [0.717, 1.165) is 6.08 Å². The quantitative estimate of drug-likeness (QED) is 0.417. The average molecular weight is 326 g/mol. The van der Waals surface area contributed by atoms with E-state index in [1.165, 1.54) is 25.3 Å². The summed E-state index contributed by atoms with van der Waals surface area (Å²) in [5, 5.41) is 37.6. The summed E-state index contributed by atoms with van der Waals surface area (Å²) in [6.45, 7) is -0.505. The first kappa shape index (κ1) is 17.2. The molecule has 1 heterocycles. The van der Waals surface area contributed by atoms with Crippen LogP contribution in [0, 0.1) is 0 Å². The van der Waals surface area contributed by atoms with Crippen LogP contribution in [-0.2, 0) is 14.3 Å². The summed E-state index contributed by atoms with van der Waals surface area (Å²) in [4.78, 5) is 11.7. The van der Waals surface area contributed by atoms with Gasteiger partial charge in [0.1, 0.15) is 18.3 Å². The van der Waals surface area contributed by atoms with Gasteiger partial charge in [-0.25, -0.2) is 4.79 Å². The average Bonchev–Trinajstić information content (AvgIpc) is 2.82. The van der Waals surface area contributed by atoms with Gasteiger partial charge in [-0.05, 0) is 23.8 Å². The number of hydrogen-bond donors (Lipinski definition) is 4. The van der Waals surface area contributed by atoms with Crippen molar-refractivity contribution in [3.05, 3.63) is 29.8 Å². The standard InChI is InChI=1S/C15H18O8/c1-21-10-6-8(2-4-9(10)17)3-5-12(18)23-15-14(20)13(19)11(7-16)22-15/h2-6,11,13-17,19-20H,7H2,1H3/b5-3+/t11-,13-,14+,15-/m0/s1. The maximum atomic E-state index is 11.7. The van der Waals surface area contributed by atoms with E-state index in [1.807, 2.05) is 0 Å². The summed E-state index contributed by atoms with van der Waals surface area (Å²) in [5.74, 6) is -0.574. The first-order valence-electron chi connectivity index (χ1n) is 6.84. The van der Waals surface area contributed by atoms with Crippen LogP contribution in [-0.4, -0.2) is 64.7 Å². The fourth-order valence-electron chi connectivity index (χ4n) is 2.08. The molecule has 8 nitrogen and oxygen atoms in total. The Balaban J connectivity index is 1.97. The Morgan fingerprint density at radius 3 is 2.70 bits per heavy atom. The van der Waals surface area contributed by atoms with Gasteiger partial charge < -0.3 is 34.6 Å². The van der Waals surface area contributed by atoms with E-state index >= 15 is 0 Å². The Morgan fingerprint density at radius 1 is 1.35 bits per heavy atom. The number of aromatic hydroxyl groups is 1. The number of methoxy groups -OCH3 is 1. The topological polar surface area (TPSA) is 126 Å². The first-order valence-corrected chi connectivity index (χ1v) is 6.84. The van der Waals surface area contributed by atoms with Gasteiger partial charge in [-0.1, -0.05) is 6.07 Å². The molecule has 0 spiro atoms. The van der Waals surface area contributed by atoms with Gasteiger partial charge >= 0.3 is 5.97 Å². The first-order chi connectivity index (χ1) is 11.0. The molecule has 1 aromatic rings. The van der Waals surface area contributed by atoms with Gasteiger partial charge in [-0.15, -0.1) is 0 Å². The minimum atomic E-state index is -1.43. The van der Waals surface area contributed by atoms with Crippen molar-refractivity contribution in [2.75, 3.05) is 13.7 Å². The third-order valence-electron chi connectivity index (χ3n) is 3.35. The lowest BCUT2D eigenvalue weighted by Gasteiger charge is -2.13. The van der Waals surface area contributed by atoms with Crippen LogP contribution in [0.5, 0.6) is 11.5 Å². The molecular weight excluding hydrogens is 308 g/mol. The van der Waals surface area contributed by atoms with Crippen molar-refractivity contribution >= 4 is 12.0 Å². The molecule has 1 saturated heterocycles. The maximum Gasteiger partial charge on any atom is 0.333 e. The van der Waals surface area contributed by atoms with Crippen molar-refractivity contribution in [2.45, 2.75) is 24.6 Å². The van der Waals surface area contributed by atoms with Crippen LogP contribution in [0.2, 0.25) is 0 Å². The fourth-order valence-corrected chi connectivity index (χ4v) is 2.08. The number of ether oxygens (including phenoxy) is 3. The summed E-state index contributed by atoms with van der Waals surface area (Å²) >= 11 is 0. The Labute approximate surface area is 132 Å². The molecule has 4 N–H and O–H groups in total. The lowest BCUT2D eigenvalue weighted by atomic mass is 10.1. The van der Waals surface area contributed by atoms with E-state index in [-0.39, 0.29) is 11.5 Å². The number of phenols is 1. The molecule has 23 heavy (non-hydrogen) atoms. The summed E-state index contributed by atoms with van der Waals surface area (Å²) in [7, 11) is 1.40. The fraction of sp³-hybridized carbons (Fsp3) is 0.400. The van der Waals surface area contributed by atoms with Crippen LogP contribution < -0.4 is 4.74 Å². The number of aliphatic hydroxyl groups excluding tert-OH is 3. The van der Waals surface area contributed by atoms with Gasteiger partial charge in [-0.3, -0.25) is 0 Å². The molecule has 0 bridgehead atoms. The van der Waals surface area contributed by atoms with Crippen molar-refractivity contribution in [3.8, 4) is 11.5 Å². The Bertz CT molecular complexity index is 585. The second-order valence-electron chi connectivity index (χ2n) is 4.91. The lowest BCUT2D eigenvalue weighted by molar-refractivity contribution is -0.184. The number of esters is 1. The maximum absolute atomic E-state index is 11.7. The highest BCUT2D eigenvalue weighted by molar-refractivity contribution is 5.87. The number of aliphatic hydroxyl groups is 3. The molecule has 126 valence electrons. The smallest absolute Gasteiger partial charge is 0.333 e. The molecule has 0 amide bonds. The minimum absolute atomic E-state index is 0.0289. The SMILES string of the molecule is COc1cc(/C=C/C(=O)O[C@@H]2O[C@@H](CO)[C@H](O)[C@H]2O)ccc1O. The van der Waals surface area contributed by atoms with Gasteiger partial charge in [0.25, 0.3) is 0 Å². The number of carbonyl (C=O) groups is 1. The van der Waals surface area contributed by atoms with E-state index in [4.69, 9.17) is 19.3 Å². The Kier molecular flexibility index (Phi) is 5.56. The van der Waals surface area contributed by atoms with Crippen LogP contribution in [0.25, 0.3) is 6.08 Å². The summed E-state index contributed by atoms with van der Waals surface area (Å²) in [5.41, 5.74) is 0.581. The number of phenolic OH excluding ortho intramolecular Hbond substituents is 1. The molecule has 1 aromatic carbocycles. The molecule has 0 aliphatic carbocycles. The van der Waals surface area contributed by atoms with Gasteiger partial charge in [0.05, 0.1) is 13.7 Å². The molecular formula is C15H18O8. The van der Waals surface area contributed by atoms with Crippen molar-refractivity contribution < 1.29 is 39.4 Å². The van der Waals surface area contributed by atoms with E-state index in [1.54, 1.807) is 6.07 Å². The number of hydrogen-bond acceptors (Lipinski definition) is 8. The van der Waals surface area contributed by atoms with Crippen molar-refractivity contribution in [3.63, 3.8) is 0 Å². The lowest BCUT2D eigenvalue weighted by Crippen LogP contribution is -2.35. The number of benzene rings is 1. The largest absolute Gasteiger partial charge is 0.504 e. The predicted molar refractivity (Wildman–Crippen MR) is 77.5 cm³/mol. The van der Waals surface area contributed by atoms with E-state index in [9.17, 15) is 20.1 Å². The van der Waals surface area contributed by atoms with Crippen molar-refractivity contribution in [2.24, 2.45) is 0 Å². The molecule has 1 aliphatic heterocycles. The van der Waals surface area contributed by atoms with Crippen molar-refractivity contribution in [1.82, 2.24) is 0 Å². The molecule has 1 aliphatic rings. The second kappa shape index (κ2) is 7.42. The highest BCUT2D eigenvalue weighted by atomic mass is 16.7. The van der Waals surface area contributed by atoms with Crippen LogP contribution >= 0.6 is 0 Å². The van der Waals surface area contributed by atoms with Gasteiger partial charge in [0.2, 0.25) is 6.29 Å². The third-order valence-corrected chi connectivity index (χ3v) is 3.35. The molecule has 0 saturated carbocycles. The molecule has 8 heteroatoms. The number of rotatable bonds is 5. The van der Waals surface area contributed by atoms with Gasteiger partial charge in [-0.2, -0.15) is 0 Å². The van der Waals surface area contributed by atoms with E-state index in [2.05, 4.69) is 0 Å². The molecule has 1 fully saturated rings. The zero-order chi connectivity index (χ0) is 17.0. The number of carbonyl (C=O) groups excluding carboxylic acids is 1. The van der Waals surface area contributed by atoms with Gasteiger partial charge in [0, 0.05) is 6.08 Å². The van der Waals surface area contributed by atoms with Crippen LogP contribution in [0.15, 0.2) is 24.3 Å². The molecule has 0 unspecified atom stereocenters. The molecule has 0 radical (unpaired) electrons. The van der Waals surface area contributed by atoms with Crippen molar-refractivity contribution in [1.29, 1.82) is 0 Å². The van der Waals surface area contributed by atoms with Crippen LogP contribution in [0.1, 0.15) is 5.56 Å².